The van der Waals surface area contributed by atoms with Crippen LogP contribution >= 0.6 is 0 Å². The largest absolute Gasteiger partial charge is 0.480 e. The molecule has 1 rings (SSSR count). The zero-order chi connectivity index (χ0) is 24.3. The number of amides is 4. The molecule has 4 unspecified atom stereocenters. The van der Waals surface area contributed by atoms with E-state index in [0.717, 1.165) is 0 Å². The Kier molecular flexibility index (Phi) is 10.8. The Bertz CT molecular complexity index is 816. The molecule has 0 fully saturated rings. The normalized spacial score (nSPS) is 14.3. The first-order valence-corrected chi connectivity index (χ1v) is 10.2. The third-order valence-corrected chi connectivity index (χ3v) is 4.93. The van der Waals surface area contributed by atoms with Gasteiger partial charge in [-0.1, -0.05) is 50.6 Å². The Balaban J connectivity index is 2.99. The number of rotatable bonds is 13. The lowest BCUT2D eigenvalue weighted by atomic mass is 9.97. The maximum absolute atomic E-state index is 12.8. The van der Waals surface area contributed by atoms with E-state index < -0.39 is 54.1 Å². The second-order valence-corrected chi connectivity index (χ2v) is 7.46. The van der Waals surface area contributed by atoms with Crippen molar-refractivity contribution in [3.63, 3.8) is 0 Å². The van der Waals surface area contributed by atoms with Gasteiger partial charge in [-0.15, -0.1) is 0 Å². The number of aliphatic carboxylic acids is 1. The number of carboxylic acid groups (broad SMARTS) is 1. The van der Waals surface area contributed by atoms with Gasteiger partial charge in [-0.25, -0.2) is 4.79 Å². The molecule has 1 aromatic rings. The molecule has 32 heavy (non-hydrogen) atoms. The molecule has 1 aromatic carbocycles. The average molecular weight is 450 g/mol. The van der Waals surface area contributed by atoms with Crippen molar-refractivity contribution in [3.8, 4) is 0 Å². The zero-order valence-corrected chi connectivity index (χ0v) is 18.2. The first kappa shape index (κ1) is 26.6. The smallest absolute Gasteiger partial charge is 0.326 e. The topological polar surface area (TPSA) is 194 Å². The number of carbonyl (C=O) groups excluding carboxylic acids is 4. The molecule has 0 aliphatic heterocycles. The quantitative estimate of drug-likeness (QED) is 0.214. The summed E-state index contributed by atoms with van der Waals surface area (Å²) in [4.78, 5) is 60.4. The molecule has 0 bridgehead atoms. The van der Waals surface area contributed by atoms with Crippen LogP contribution < -0.4 is 27.4 Å². The highest BCUT2D eigenvalue weighted by Crippen LogP contribution is 2.09. The molecule has 4 amide bonds. The van der Waals surface area contributed by atoms with Crippen LogP contribution in [-0.2, 0) is 30.4 Å². The van der Waals surface area contributed by atoms with Crippen LogP contribution in [0.4, 0.5) is 0 Å². The molecule has 4 atom stereocenters. The highest BCUT2D eigenvalue weighted by atomic mass is 16.4. The van der Waals surface area contributed by atoms with Crippen molar-refractivity contribution < 1.29 is 29.1 Å². The van der Waals surface area contributed by atoms with E-state index in [1.165, 1.54) is 0 Å². The van der Waals surface area contributed by atoms with Crippen LogP contribution in [0, 0.1) is 5.92 Å². The Labute approximate surface area is 186 Å². The Hall–Kier alpha value is -3.47. The molecule has 11 nitrogen and oxygen atoms in total. The van der Waals surface area contributed by atoms with E-state index in [4.69, 9.17) is 11.5 Å². The van der Waals surface area contributed by atoms with Gasteiger partial charge in [0.2, 0.25) is 23.6 Å². The maximum atomic E-state index is 12.8. The van der Waals surface area contributed by atoms with Crippen molar-refractivity contribution >= 4 is 29.6 Å². The zero-order valence-electron chi connectivity index (χ0n) is 18.2. The molecule has 11 heteroatoms. The number of primary amides is 1. The number of carbonyl (C=O) groups is 5. The highest BCUT2D eigenvalue weighted by Gasteiger charge is 2.32. The van der Waals surface area contributed by atoms with Gasteiger partial charge in [0.15, 0.2) is 0 Å². The molecule has 0 radical (unpaired) electrons. The summed E-state index contributed by atoms with van der Waals surface area (Å²) < 4.78 is 0. The standard InChI is InChI=1S/C21H31N5O6/c1-3-12(2)18(26-17(28)11-22)20(30)24-14(10-16(23)27)19(29)25-15(21(31)32)9-13-7-5-4-6-8-13/h4-8,12,14-15,18H,3,9-11,22H2,1-2H3,(H2,23,27)(H,24,30)(H,25,29)(H,26,28)(H,31,32). The summed E-state index contributed by atoms with van der Waals surface area (Å²) in [6.07, 6.45) is -0.0116. The van der Waals surface area contributed by atoms with Crippen LogP contribution in [0.3, 0.4) is 0 Å². The predicted molar refractivity (Wildman–Crippen MR) is 116 cm³/mol. The lowest BCUT2D eigenvalue weighted by molar-refractivity contribution is -0.142. The van der Waals surface area contributed by atoms with Gasteiger partial charge in [-0.05, 0) is 11.5 Å². The molecule has 0 spiro atoms. The molecule has 0 aromatic heterocycles. The van der Waals surface area contributed by atoms with Crippen LogP contribution in [0.25, 0.3) is 0 Å². The summed E-state index contributed by atoms with van der Waals surface area (Å²) >= 11 is 0. The summed E-state index contributed by atoms with van der Waals surface area (Å²) in [6.45, 7) is 3.21. The van der Waals surface area contributed by atoms with Gasteiger partial charge < -0.3 is 32.5 Å². The van der Waals surface area contributed by atoms with Gasteiger partial charge in [0.1, 0.15) is 18.1 Å². The van der Waals surface area contributed by atoms with Gasteiger partial charge >= 0.3 is 5.97 Å². The molecular weight excluding hydrogens is 418 g/mol. The van der Waals surface area contributed by atoms with Crippen LogP contribution in [0.1, 0.15) is 32.3 Å². The number of carboxylic acids is 1. The van der Waals surface area contributed by atoms with Gasteiger partial charge in [0, 0.05) is 6.42 Å². The van der Waals surface area contributed by atoms with E-state index >= 15 is 0 Å². The minimum atomic E-state index is -1.42. The number of nitrogens with one attached hydrogen (secondary N) is 3. The minimum absolute atomic E-state index is 0.00119. The monoisotopic (exact) mass is 449 g/mol. The van der Waals surface area contributed by atoms with Gasteiger partial charge in [-0.2, -0.15) is 0 Å². The summed E-state index contributed by atoms with van der Waals surface area (Å²) in [6, 6.07) is 4.95. The fraction of sp³-hybridized carbons (Fsp3) is 0.476. The summed E-state index contributed by atoms with van der Waals surface area (Å²) in [5, 5.41) is 16.7. The maximum Gasteiger partial charge on any atom is 0.326 e. The number of hydrogen-bond acceptors (Lipinski definition) is 6. The molecule has 0 aliphatic rings. The van der Waals surface area contributed by atoms with E-state index in [9.17, 15) is 29.1 Å². The summed E-state index contributed by atoms with van der Waals surface area (Å²) in [5.41, 5.74) is 11.2. The molecule has 8 N–H and O–H groups in total. The molecule has 0 saturated carbocycles. The van der Waals surface area contributed by atoms with E-state index in [2.05, 4.69) is 16.0 Å². The van der Waals surface area contributed by atoms with E-state index in [0.29, 0.717) is 12.0 Å². The van der Waals surface area contributed by atoms with Crippen LogP contribution in [0.5, 0.6) is 0 Å². The lowest BCUT2D eigenvalue weighted by Gasteiger charge is -2.26. The Morgan fingerprint density at radius 2 is 1.56 bits per heavy atom. The van der Waals surface area contributed by atoms with Crippen LogP contribution in [0.15, 0.2) is 30.3 Å². The molecule has 176 valence electrons. The lowest BCUT2D eigenvalue weighted by Crippen LogP contribution is -2.58. The van der Waals surface area contributed by atoms with E-state index in [1.807, 2.05) is 6.92 Å². The highest BCUT2D eigenvalue weighted by molar-refractivity contribution is 5.95. The SMILES string of the molecule is CCC(C)C(NC(=O)CN)C(=O)NC(CC(N)=O)C(=O)NC(Cc1ccccc1)C(=O)O. The molecule has 0 heterocycles. The van der Waals surface area contributed by atoms with Crippen LogP contribution in [0.2, 0.25) is 0 Å². The van der Waals surface area contributed by atoms with Gasteiger partial charge in [-0.3, -0.25) is 19.2 Å². The second kappa shape index (κ2) is 13.1. The molecule has 0 saturated heterocycles. The third-order valence-electron chi connectivity index (χ3n) is 4.93. The third kappa shape index (κ3) is 8.72. The minimum Gasteiger partial charge on any atom is -0.480 e. The first-order chi connectivity index (χ1) is 15.1. The predicted octanol–water partition coefficient (Wildman–Crippen LogP) is -1.35. The summed E-state index contributed by atoms with van der Waals surface area (Å²) in [5.74, 6) is -4.60. The van der Waals surface area contributed by atoms with E-state index in [-0.39, 0.29) is 18.9 Å². The fourth-order valence-electron chi connectivity index (χ4n) is 2.93. The summed E-state index contributed by atoms with van der Waals surface area (Å²) in [7, 11) is 0. The van der Waals surface area contributed by atoms with Crippen molar-refractivity contribution in [1.29, 1.82) is 0 Å². The molecular formula is C21H31N5O6. The first-order valence-electron chi connectivity index (χ1n) is 10.2. The second-order valence-electron chi connectivity index (χ2n) is 7.46. The Morgan fingerprint density at radius 1 is 0.969 bits per heavy atom. The Morgan fingerprint density at radius 3 is 2.06 bits per heavy atom. The fourth-order valence-corrected chi connectivity index (χ4v) is 2.93. The van der Waals surface area contributed by atoms with Crippen molar-refractivity contribution in [2.75, 3.05) is 6.54 Å². The van der Waals surface area contributed by atoms with E-state index in [1.54, 1.807) is 37.3 Å². The van der Waals surface area contributed by atoms with Gasteiger partial charge in [0.25, 0.3) is 0 Å². The van der Waals surface area contributed by atoms with Crippen molar-refractivity contribution in [2.45, 2.75) is 51.2 Å². The van der Waals surface area contributed by atoms with Gasteiger partial charge in [0.05, 0.1) is 13.0 Å². The number of nitrogens with two attached hydrogens (primary N) is 2. The molecule has 0 aliphatic carbocycles. The number of hydrogen-bond donors (Lipinski definition) is 6. The van der Waals surface area contributed by atoms with Crippen molar-refractivity contribution in [2.24, 2.45) is 17.4 Å². The van der Waals surface area contributed by atoms with Crippen molar-refractivity contribution in [3.05, 3.63) is 35.9 Å². The average Bonchev–Trinajstić information content (AvgIpc) is 2.75. The number of benzene rings is 1. The van der Waals surface area contributed by atoms with Crippen LogP contribution in [-0.4, -0.2) is 59.4 Å². The van der Waals surface area contributed by atoms with Crippen molar-refractivity contribution in [1.82, 2.24) is 16.0 Å².